The number of hydrogen-bond acceptors (Lipinski definition) is 4. The van der Waals surface area contributed by atoms with E-state index in [4.69, 9.17) is 0 Å². The predicted octanol–water partition coefficient (Wildman–Crippen LogP) is -0.559. The van der Waals surface area contributed by atoms with Gasteiger partial charge in [0.1, 0.15) is 17.8 Å². The summed E-state index contributed by atoms with van der Waals surface area (Å²) in [5.74, 6) is -0.180. The summed E-state index contributed by atoms with van der Waals surface area (Å²) < 4.78 is 1.58. The van der Waals surface area contributed by atoms with E-state index in [1.165, 1.54) is 0 Å². The molecule has 0 radical (unpaired) electrons. The summed E-state index contributed by atoms with van der Waals surface area (Å²) in [6.45, 7) is 3.90. The number of aryl methyl sites for hydroxylation is 1. The Morgan fingerprint density at radius 2 is 2.17 bits per heavy atom. The fourth-order valence-electron chi connectivity index (χ4n) is 2.15. The molecule has 1 N–H and O–H groups in total. The van der Waals surface area contributed by atoms with Gasteiger partial charge in [-0.15, -0.1) is 5.10 Å². The maximum atomic E-state index is 12.1. The zero-order chi connectivity index (χ0) is 13.3. The van der Waals surface area contributed by atoms with Gasteiger partial charge in [-0.1, -0.05) is 12.1 Å². The Hall–Kier alpha value is -1.92. The minimum Gasteiger partial charge on any atom is -0.343 e. The number of carbonyl (C=O) groups is 2. The topological polar surface area (TPSA) is 80.1 Å². The first-order valence-electron chi connectivity index (χ1n) is 5.99. The molecule has 1 fully saturated rings. The van der Waals surface area contributed by atoms with E-state index in [0.717, 1.165) is 0 Å². The minimum atomic E-state index is -0.475. The number of carbonyl (C=O) groups excluding carboxylic acids is 2. The van der Waals surface area contributed by atoms with Gasteiger partial charge in [-0.25, -0.2) is 0 Å². The minimum absolute atomic E-state index is 0.0768. The standard InChI is InChI=1S/C11H17N5O2/c1-4-9-10(17)12-7(2)11(18)16(9)6-8-5-15(3)14-13-8/h5,7,9H,4,6H2,1-3H3,(H,12,17). The summed E-state index contributed by atoms with van der Waals surface area (Å²) in [7, 11) is 1.77. The van der Waals surface area contributed by atoms with Crippen molar-refractivity contribution in [1.82, 2.24) is 25.2 Å². The number of hydrogen-bond donors (Lipinski definition) is 1. The maximum absolute atomic E-state index is 12.1. The second-order valence-electron chi connectivity index (χ2n) is 4.50. The number of rotatable bonds is 3. The summed E-state index contributed by atoms with van der Waals surface area (Å²) in [5.41, 5.74) is 0.686. The lowest BCUT2D eigenvalue weighted by Gasteiger charge is -2.37. The van der Waals surface area contributed by atoms with E-state index in [2.05, 4.69) is 15.6 Å². The van der Waals surface area contributed by atoms with Crippen LogP contribution >= 0.6 is 0 Å². The first-order valence-corrected chi connectivity index (χ1v) is 5.99. The van der Waals surface area contributed by atoms with Gasteiger partial charge < -0.3 is 10.2 Å². The van der Waals surface area contributed by atoms with Crippen LogP contribution in [0.3, 0.4) is 0 Å². The molecule has 7 nitrogen and oxygen atoms in total. The Morgan fingerprint density at radius 3 is 2.72 bits per heavy atom. The molecule has 0 saturated carbocycles. The highest BCUT2D eigenvalue weighted by Crippen LogP contribution is 2.15. The van der Waals surface area contributed by atoms with Crippen molar-refractivity contribution in [2.45, 2.75) is 38.9 Å². The molecule has 1 aliphatic heterocycles. The summed E-state index contributed by atoms with van der Waals surface area (Å²) in [4.78, 5) is 25.5. The molecule has 0 bridgehead atoms. The molecule has 2 heterocycles. The average Bonchev–Trinajstić information content (AvgIpc) is 2.72. The monoisotopic (exact) mass is 251 g/mol. The lowest BCUT2D eigenvalue weighted by molar-refractivity contribution is -0.149. The van der Waals surface area contributed by atoms with E-state index in [-0.39, 0.29) is 11.8 Å². The van der Waals surface area contributed by atoms with Crippen LogP contribution in [0.5, 0.6) is 0 Å². The quantitative estimate of drug-likeness (QED) is 0.781. The van der Waals surface area contributed by atoms with Crippen LogP contribution in [-0.4, -0.2) is 43.8 Å². The normalized spacial score (nSPS) is 24.3. The van der Waals surface area contributed by atoms with Crippen molar-refractivity contribution in [3.63, 3.8) is 0 Å². The van der Waals surface area contributed by atoms with Crippen molar-refractivity contribution in [2.75, 3.05) is 0 Å². The van der Waals surface area contributed by atoms with Crippen LogP contribution in [0.2, 0.25) is 0 Å². The van der Waals surface area contributed by atoms with E-state index < -0.39 is 12.1 Å². The molecule has 7 heteroatoms. The molecule has 98 valence electrons. The number of nitrogens with one attached hydrogen (secondary N) is 1. The SMILES string of the molecule is CCC1C(=O)NC(C)C(=O)N1Cc1cn(C)nn1. The van der Waals surface area contributed by atoms with Crippen LogP contribution in [-0.2, 0) is 23.2 Å². The van der Waals surface area contributed by atoms with Gasteiger partial charge in [0.25, 0.3) is 0 Å². The Balaban J connectivity index is 2.20. The van der Waals surface area contributed by atoms with Gasteiger partial charge in [0, 0.05) is 13.2 Å². The first kappa shape index (κ1) is 12.5. The van der Waals surface area contributed by atoms with Crippen LogP contribution in [0.1, 0.15) is 26.0 Å². The Bertz CT molecular complexity index is 470. The molecule has 1 saturated heterocycles. The smallest absolute Gasteiger partial charge is 0.245 e. The molecule has 1 aliphatic rings. The third-order valence-corrected chi connectivity index (χ3v) is 3.06. The average molecular weight is 251 g/mol. The Labute approximate surface area is 105 Å². The number of aromatic nitrogens is 3. The van der Waals surface area contributed by atoms with Crippen LogP contribution in [0.4, 0.5) is 0 Å². The van der Waals surface area contributed by atoms with E-state index >= 15 is 0 Å². The zero-order valence-electron chi connectivity index (χ0n) is 10.8. The summed E-state index contributed by atoms with van der Waals surface area (Å²) >= 11 is 0. The third-order valence-electron chi connectivity index (χ3n) is 3.06. The van der Waals surface area contributed by atoms with Crippen LogP contribution in [0.25, 0.3) is 0 Å². The number of amides is 2. The van der Waals surface area contributed by atoms with Crippen molar-refractivity contribution in [2.24, 2.45) is 7.05 Å². The number of nitrogens with zero attached hydrogens (tertiary/aromatic N) is 4. The molecule has 0 aliphatic carbocycles. The first-order chi connectivity index (χ1) is 8.52. The lowest BCUT2D eigenvalue weighted by atomic mass is 10.1. The summed E-state index contributed by atoms with van der Waals surface area (Å²) in [5, 5.41) is 10.5. The molecule has 0 aromatic carbocycles. The number of piperazine rings is 1. The van der Waals surface area contributed by atoms with Crippen molar-refractivity contribution in [3.05, 3.63) is 11.9 Å². The van der Waals surface area contributed by atoms with Gasteiger partial charge in [-0.05, 0) is 13.3 Å². The fourth-order valence-corrected chi connectivity index (χ4v) is 2.15. The molecular weight excluding hydrogens is 234 g/mol. The van der Waals surface area contributed by atoms with Crippen LogP contribution < -0.4 is 5.32 Å². The Kier molecular flexibility index (Phi) is 3.31. The molecule has 18 heavy (non-hydrogen) atoms. The van der Waals surface area contributed by atoms with Gasteiger partial charge >= 0.3 is 0 Å². The fraction of sp³-hybridized carbons (Fsp3) is 0.636. The highest BCUT2D eigenvalue weighted by molar-refractivity contribution is 5.96. The van der Waals surface area contributed by atoms with Gasteiger partial charge in [0.15, 0.2) is 0 Å². The summed E-state index contributed by atoms with van der Waals surface area (Å²) in [6.07, 6.45) is 2.34. The molecule has 2 atom stereocenters. The molecule has 2 unspecified atom stereocenters. The largest absolute Gasteiger partial charge is 0.343 e. The van der Waals surface area contributed by atoms with Crippen molar-refractivity contribution < 1.29 is 9.59 Å². The van der Waals surface area contributed by atoms with Gasteiger partial charge in [0.05, 0.1) is 6.54 Å². The van der Waals surface area contributed by atoms with Crippen molar-refractivity contribution >= 4 is 11.8 Å². The molecular formula is C11H17N5O2. The van der Waals surface area contributed by atoms with Gasteiger partial charge in [0.2, 0.25) is 11.8 Å². The molecule has 1 aromatic heterocycles. The maximum Gasteiger partial charge on any atom is 0.245 e. The van der Waals surface area contributed by atoms with E-state index in [9.17, 15) is 9.59 Å². The van der Waals surface area contributed by atoms with Gasteiger partial charge in [-0.2, -0.15) is 0 Å². The molecule has 1 aromatic rings. The van der Waals surface area contributed by atoms with Crippen LogP contribution in [0.15, 0.2) is 6.20 Å². The van der Waals surface area contributed by atoms with E-state index in [1.807, 2.05) is 6.92 Å². The lowest BCUT2D eigenvalue weighted by Crippen LogP contribution is -2.61. The predicted molar refractivity (Wildman–Crippen MR) is 63.2 cm³/mol. The summed E-state index contributed by atoms with van der Waals surface area (Å²) in [6, 6.07) is -0.896. The highest BCUT2D eigenvalue weighted by atomic mass is 16.2. The second kappa shape index (κ2) is 4.75. The van der Waals surface area contributed by atoms with Crippen molar-refractivity contribution in [1.29, 1.82) is 0 Å². The zero-order valence-corrected chi connectivity index (χ0v) is 10.8. The van der Waals surface area contributed by atoms with E-state index in [0.29, 0.717) is 18.7 Å². The van der Waals surface area contributed by atoms with Gasteiger partial charge in [-0.3, -0.25) is 14.3 Å². The molecule has 2 amide bonds. The highest BCUT2D eigenvalue weighted by Gasteiger charge is 2.37. The third kappa shape index (κ3) is 2.20. The van der Waals surface area contributed by atoms with Crippen LogP contribution in [0, 0.1) is 0 Å². The van der Waals surface area contributed by atoms with E-state index in [1.54, 1.807) is 29.7 Å². The Morgan fingerprint density at radius 1 is 1.44 bits per heavy atom. The molecule has 0 spiro atoms. The second-order valence-corrected chi connectivity index (χ2v) is 4.50. The van der Waals surface area contributed by atoms with Crippen molar-refractivity contribution in [3.8, 4) is 0 Å². The molecule has 2 rings (SSSR count).